The molecule has 0 saturated heterocycles. The number of halogens is 1. The third-order valence-electron chi connectivity index (χ3n) is 5.86. The molecule has 0 bridgehead atoms. The number of hydrogen-bond donors (Lipinski definition) is 0. The van der Waals surface area contributed by atoms with Gasteiger partial charge >= 0.3 is 0 Å². The number of aromatic nitrogens is 2. The maximum atomic E-state index is 13.4. The van der Waals surface area contributed by atoms with Gasteiger partial charge in [-0.05, 0) is 18.2 Å². The molecule has 1 aromatic heterocycles. The molecule has 168 valence electrons. The van der Waals surface area contributed by atoms with Crippen LogP contribution in [-0.2, 0) is 13.0 Å². The number of ether oxygens (including phenoxy) is 2. The molecule has 2 unspecified atom stereocenters. The highest BCUT2D eigenvalue weighted by Crippen LogP contribution is 2.32. The average Bonchev–Trinajstić information content (AvgIpc) is 3.46. The number of Topliss-reactive ketones (excluding diaryl/α,β-unsaturated/α-hetero) is 1. The zero-order chi connectivity index (χ0) is 21.9. The molecule has 4 aromatic rings. The zero-order valence-corrected chi connectivity index (χ0v) is 19.9. The van der Waals surface area contributed by atoms with Gasteiger partial charge in [-0.3, -0.25) is 4.79 Å². The van der Waals surface area contributed by atoms with Gasteiger partial charge in [0.1, 0.15) is 36.5 Å². The Morgan fingerprint density at radius 1 is 1.09 bits per heavy atom. The number of nitrogens with zero attached hydrogens (tertiary/aromatic N) is 2. The predicted octanol–water partition coefficient (Wildman–Crippen LogP) is 1.26. The van der Waals surface area contributed by atoms with Crippen LogP contribution in [0, 0.1) is 0 Å². The molecule has 5 rings (SSSR count). The molecular formula is C27H25BrN2O3. The third kappa shape index (κ3) is 4.86. The van der Waals surface area contributed by atoms with Gasteiger partial charge in [-0.15, -0.1) is 0 Å². The monoisotopic (exact) mass is 504 g/mol. The summed E-state index contributed by atoms with van der Waals surface area (Å²) in [6.07, 6.45) is 6.82. The van der Waals surface area contributed by atoms with Crippen LogP contribution in [0.5, 0.6) is 11.5 Å². The number of rotatable bonds is 7. The summed E-state index contributed by atoms with van der Waals surface area (Å²) >= 11 is 0. The van der Waals surface area contributed by atoms with Crippen molar-refractivity contribution in [2.24, 2.45) is 0 Å². The Balaban J connectivity index is 0.00000259. The van der Waals surface area contributed by atoms with Crippen molar-refractivity contribution in [3.63, 3.8) is 0 Å². The van der Waals surface area contributed by atoms with Crippen LogP contribution in [0.1, 0.15) is 27.5 Å². The van der Waals surface area contributed by atoms with Crippen molar-refractivity contribution in [2.75, 3.05) is 7.11 Å². The van der Waals surface area contributed by atoms with Gasteiger partial charge in [0.15, 0.2) is 6.04 Å². The number of methoxy groups -OCH3 is 1. The summed E-state index contributed by atoms with van der Waals surface area (Å²) in [5.74, 6) is 1.82. The molecule has 0 saturated carbocycles. The van der Waals surface area contributed by atoms with Gasteiger partial charge in [0.2, 0.25) is 12.1 Å². The normalized spacial score (nSPS) is 15.1. The highest BCUT2D eigenvalue weighted by atomic mass is 79.9. The van der Waals surface area contributed by atoms with E-state index in [0.29, 0.717) is 12.1 Å². The molecule has 2 atom stereocenters. The van der Waals surface area contributed by atoms with Crippen molar-refractivity contribution in [3.8, 4) is 11.5 Å². The minimum atomic E-state index is -0.425. The lowest BCUT2D eigenvalue weighted by Crippen LogP contribution is -3.00. The second-order valence-electron chi connectivity index (χ2n) is 8.02. The van der Waals surface area contributed by atoms with E-state index in [1.807, 2.05) is 102 Å². The molecule has 0 radical (unpaired) electrons. The second kappa shape index (κ2) is 10.0. The SMILES string of the molecule is COc1ccc2c(c1)CC(C[n+]1ccn(C(C(=O)c3ccccc3)c3ccccc3)c1)O2.[Br-]. The zero-order valence-electron chi connectivity index (χ0n) is 18.3. The summed E-state index contributed by atoms with van der Waals surface area (Å²) in [5.41, 5.74) is 2.82. The van der Waals surface area contributed by atoms with Crippen LogP contribution in [0.25, 0.3) is 0 Å². The summed E-state index contributed by atoms with van der Waals surface area (Å²) in [7, 11) is 1.67. The Labute approximate surface area is 204 Å². The molecule has 3 aromatic carbocycles. The van der Waals surface area contributed by atoms with Crippen LogP contribution in [-0.4, -0.2) is 23.6 Å². The highest BCUT2D eigenvalue weighted by Gasteiger charge is 2.30. The van der Waals surface area contributed by atoms with E-state index in [-0.39, 0.29) is 28.9 Å². The van der Waals surface area contributed by atoms with Crippen molar-refractivity contribution in [2.45, 2.75) is 25.1 Å². The molecule has 6 heteroatoms. The molecule has 2 heterocycles. The predicted molar refractivity (Wildman–Crippen MR) is 121 cm³/mol. The van der Waals surface area contributed by atoms with Gasteiger partial charge in [0.25, 0.3) is 0 Å². The fourth-order valence-electron chi connectivity index (χ4n) is 4.29. The Morgan fingerprint density at radius 3 is 2.55 bits per heavy atom. The van der Waals surface area contributed by atoms with Gasteiger partial charge in [0.05, 0.1) is 7.11 Å². The quantitative estimate of drug-likeness (QED) is 0.281. The number of ketones is 1. The van der Waals surface area contributed by atoms with Gasteiger partial charge in [0, 0.05) is 23.1 Å². The van der Waals surface area contributed by atoms with Crippen molar-refractivity contribution < 1.29 is 35.8 Å². The Bertz CT molecular complexity index is 1220. The van der Waals surface area contributed by atoms with Crippen LogP contribution >= 0.6 is 0 Å². The Kier molecular flexibility index (Phi) is 6.94. The number of carbonyl (C=O) groups is 1. The molecule has 0 N–H and O–H groups in total. The molecule has 1 aliphatic heterocycles. The maximum absolute atomic E-state index is 13.4. The van der Waals surface area contributed by atoms with Crippen molar-refractivity contribution in [1.82, 2.24) is 4.57 Å². The number of hydrogen-bond acceptors (Lipinski definition) is 3. The van der Waals surface area contributed by atoms with Gasteiger partial charge in [-0.2, -0.15) is 0 Å². The standard InChI is InChI=1S/C27H25N2O3.BrH/c1-31-23-12-13-25-22(16-23)17-24(32-25)18-28-14-15-29(19-28)26(20-8-4-2-5-9-20)27(30)21-10-6-3-7-11-21;/h2-16,19,24,26H,17-18H2,1H3;1H/q+1;/p-1. The lowest BCUT2D eigenvalue weighted by molar-refractivity contribution is -0.702. The number of carbonyl (C=O) groups excluding carboxylic acids is 1. The summed E-state index contributed by atoms with van der Waals surface area (Å²) in [4.78, 5) is 13.4. The number of benzene rings is 3. The first-order valence-corrected chi connectivity index (χ1v) is 10.8. The first kappa shape index (κ1) is 22.8. The average molecular weight is 505 g/mol. The van der Waals surface area contributed by atoms with E-state index in [9.17, 15) is 4.79 Å². The van der Waals surface area contributed by atoms with E-state index >= 15 is 0 Å². The minimum Gasteiger partial charge on any atom is -1.00 e. The van der Waals surface area contributed by atoms with Gasteiger partial charge in [-0.1, -0.05) is 60.7 Å². The number of imidazole rings is 1. The number of fused-ring (bicyclic) bond motifs is 1. The van der Waals surface area contributed by atoms with E-state index in [1.165, 1.54) is 0 Å². The highest BCUT2D eigenvalue weighted by molar-refractivity contribution is 6.00. The fourth-order valence-corrected chi connectivity index (χ4v) is 4.29. The summed E-state index contributed by atoms with van der Waals surface area (Å²) in [5, 5.41) is 0. The summed E-state index contributed by atoms with van der Waals surface area (Å²) in [6, 6.07) is 24.9. The van der Waals surface area contributed by atoms with Crippen LogP contribution in [0.4, 0.5) is 0 Å². The molecule has 0 aliphatic carbocycles. The maximum Gasteiger partial charge on any atom is 0.244 e. The lowest BCUT2D eigenvalue weighted by Gasteiger charge is -2.13. The Hall–Kier alpha value is -3.38. The van der Waals surface area contributed by atoms with Crippen LogP contribution < -0.4 is 31.0 Å². The molecule has 5 nitrogen and oxygen atoms in total. The second-order valence-corrected chi connectivity index (χ2v) is 8.02. The molecule has 33 heavy (non-hydrogen) atoms. The van der Waals surface area contributed by atoms with Crippen molar-refractivity contribution in [3.05, 3.63) is 114 Å². The third-order valence-corrected chi connectivity index (χ3v) is 5.86. The first-order chi connectivity index (χ1) is 15.7. The summed E-state index contributed by atoms with van der Waals surface area (Å²) < 4.78 is 15.5. The molecule has 1 aliphatic rings. The minimum absolute atomic E-state index is 0. The van der Waals surface area contributed by atoms with Gasteiger partial charge in [-0.25, -0.2) is 9.13 Å². The van der Waals surface area contributed by atoms with E-state index in [4.69, 9.17) is 9.47 Å². The summed E-state index contributed by atoms with van der Waals surface area (Å²) in [6.45, 7) is 0.699. The van der Waals surface area contributed by atoms with Crippen LogP contribution in [0.2, 0.25) is 0 Å². The molecule has 0 spiro atoms. The van der Waals surface area contributed by atoms with Gasteiger partial charge < -0.3 is 26.5 Å². The van der Waals surface area contributed by atoms with Crippen LogP contribution in [0.15, 0.2) is 97.6 Å². The topological polar surface area (TPSA) is 44.3 Å². The van der Waals surface area contributed by atoms with Crippen molar-refractivity contribution >= 4 is 5.78 Å². The smallest absolute Gasteiger partial charge is 0.244 e. The first-order valence-electron chi connectivity index (χ1n) is 10.8. The largest absolute Gasteiger partial charge is 1.00 e. The van der Waals surface area contributed by atoms with E-state index in [0.717, 1.165) is 29.0 Å². The van der Waals surface area contributed by atoms with E-state index in [1.54, 1.807) is 7.11 Å². The Morgan fingerprint density at radius 2 is 1.82 bits per heavy atom. The molecule has 0 amide bonds. The van der Waals surface area contributed by atoms with Crippen molar-refractivity contribution in [1.29, 1.82) is 0 Å². The molecular weight excluding hydrogens is 480 g/mol. The molecule has 0 fully saturated rings. The van der Waals surface area contributed by atoms with E-state index < -0.39 is 6.04 Å². The lowest BCUT2D eigenvalue weighted by atomic mass is 9.97. The van der Waals surface area contributed by atoms with Crippen LogP contribution in [0.3, 0.4) is 0 Å². The van der Waals surface area contributed by atoms with E-state index in [2.05, 4.69) is 4.57 Å². The fraction of sp³-hybridized carbons (Fsp3) is 0.185.